The lowest BCUT2D eigenvalue weighted by Crippen LogP contribution is -2.27. The number of amides is 1. The summed E-state index contributed by atoms with van der Waals surface area (Å²) in [5.41, 5.74) is 2.97. The van der Waals surface area contributed by atoms with E-state index < -0.39 is 0 Å². The zero-order valence-electron chi connectivity index (χ0n) is 14.4. The van der Waals surface area contributed by atoms with Gasteiger partial charge in [-0.25, -0.2) is 4.52 Å². The Bertz CT molecular complexity index is 1060. The molecular weight excluding hydrogens is 380 g/mol. The highest BCUT2D eigenvalue weighted by Gasteiger charge is 2.12. The van der Waals surface area contributed by atoms with Crippen molar-refractivity contribution in [2.45, 2.75) is 12.8 Å². The van der Waals surface area contributed by atoms with E-state index >= 15 is 0 Å². The number of carbonyl (C=O) groups is 1. The Labute approximate surface area is 165 Å². The smallest absolute Gasteiger partial charge is 0.224 e. The van der Waals surface area contributed by atoms with Crippen molar-refractivity contribution in [1.29, 1.82) is 0 Å². The van der Waals surface area contributed by atoms with Gasteiger partial charge in [-0.15, -0.1) is 16.4 Å². The summed E-state index contributed by atoms with van der Waals surface area (Å²) >= 11 is 7.48. The standard InChI is InChI=1S/C20H17ClN4OS/c21-16-8-6-15(7-9-16)19-23-20-25(24-19)17(13-27-20)10-11-22-18(26)12-14-4-2-1-3-5-14/h1-9,13H,10-12H2,(H,22,26). The van der Waals surface area contributed by atoms with Gasteiger partial charge < -0.3 is 5.32 Å². The van der Waals surface area contributed by atoms with Crippen LogP contribution in [0.15, 0.2) is 60.0 Å². The van der Waals surface area contributed by atoms with Crippen LogP contribution in [-0.2, 0) is 17.6 Å². The fourth-order valence-electron chi connectivity index (χ4n) is 2.79. The van der Waals surface area contributed by atoms with Crippen LogP contribution in [0, 0.1) is 0 Å². The van der Waals surface area contributed by atoms with Gasteiger partial charge in [0.05, 0.1) is 12.1 Å². The van der Waals surface area contributed by atoms with Crippen molar-refractivity contribution >= 4 is 33.8 Å². The highest BCUT2D eigenvalue weighted by Crippen LogP contribution is 2.22. The summed E-state index contributed by atoms with van der Waals surface area (Å²) in [7, 11) is 0. The van der Waals surface area contributed by atoms with Crippen molar-refractivity contribution in [2.75, 3.05) is 6.54 Å². The number of thiazole rings is 1. The van der Waals surface area contributed by atoms with E-state index in [-0.39, 0.29) is 5.91 Å². The van der Waals surface area contributed by atoms with E-state index in [9.17, 15) is 4.79 Å². The SMILES string of the molecule is O=C(Cc1ccccc1)NCCc1csc2nc(-c3ccc(Cl)cc3)nn12. The van der Waals surface area contributed by atoms with Crippen LogP contribution in [-0.4, -0.2) is 27.0 Å². The first-order valence-corrected chi connectivity index (χ1v) is 9.84. The second-order valence-electron chi connectivity index (χ2n) is 6.13. The van der Waals surface area contributed by atoms with Gasteiger partial charge in [0, 0.05) is 28.9 Å². The summed E-state index contributed by atoms with van der Waals surface area (Å²) in [4.78, 5) is 17.5. The van der Waals surface area contributed by atoms with E-state index in [1.54, 1.807) is 11.3 Å². The molecule has 5 nitrogen and oxygen atoms in total. The minimum Gasteiger partial charge on any atom is -0.355 e. The number of carbonyl (C=O) groups excluding carboxylic acids is 1. The third-order valence-corrected chi connectivity index (χ3v) is 5.28. The molecule has 4 aromatic rings. The molecule has 0 spiro atoms. The van der Waals surface area contributed by atoms with E-state index in [1.807, 2.05) is 64.5 Å². The fraction of sp³-hybridized carbons (Fsp3) is 0.150. The Morgan fingerprint density at radius 2 is 1.89 bits per heavy atom. The van der Waals surface area contributed by atoms with Crippen LogP contribution in [0.25, 0.3) is 16.3 Å². The summed E-state index contributed by atoms with van der Waals surface area (Å²) in [5.74, 6) is 0.695. The van der Waals surface area contributed by atoms with Gasteiger partial charge in [0.15, 0.2) is 5.82 Å². The number of nitrogens with zero attached hydrogens (tertiary/aromatic N) is 3. The van der Waals surface area contributed by atoms with Crippen LogP contribution in [0.5, 0.6) is 0 Å². The average molecular weight is 397 g/mol. The maximum absolute atomic E-state index is 12.1. The summed E-state index contributed by atoms with van der Waals surface area (Å²) in [6, 6.07) is 17.2. The molecule has 1 N–H and O–H groups in total. The van der Waals surface area contributed by atoms with Crippen LogP contribution in [0.4, 0.5) is 0 Å². The minimum absolute atomic E-state index is 0.0214. The summed E-state index contributed by atoms with van der Waals surface area (Å²) < 4.78 is 1.85. The number of hydrogen-bond donors (Lipinski definition) is 1. The van der Waals surface area contributed by atoms with Gasteiger partial charge in [-0.3, -0.25) is 4.79 Å². The van der Waals surface area contributed by atoms with Crippen molar-refractivity contribution < 1.29 is 4.79 Å². The number of benzene rings is 2. The zero-order valence-corrected chi connectivity index (χ0v) is 16.0. The molecule has 7 heteroatoms. The van der Waals surface area contributed by atoms with Crippen LogP contribution < -0.4 is 5.32 Å². The number of aromatic nitrogens is 3. The Hall–Kier alpha value is -2.70. The normalized spacial score (nSPS) is 11.0. The summed E-state index contributed by atoms with van der Waals surface area (Å²) in [6.07, 6.45) is 1.09. The number of nitrogens with one attached hydrogen (secondary N) is 1. The quantitative estimate of drug-likeness (QED) is 0.535. The first-order chi connectivity index (χ1) is 13.2. The number of hydrogen-bond acceptors (Lipinski definition) is 4. The first kappa shape index (κ1) is 17.7. The molecule has 0 saturated carbocycles. The van der Waals surface area contributed by atoms with Crippen LogP contribution >= 0.6 is 22.9 Å². The molecule has 1 amide bonds. The molecule has 0 unspecified atom stereocenters. The van der Waals surface area contributed by atoms with E-state index in [0.717, 1.165) is 21.8 Å². The van der Waals surface area contributed by atoms with Crippen molar-refractivity contribution in [2.24, 2.45) is 0 Å². The van der Waals surface area contributed by atoms with Gasteiger partial charge in [-0.1, -0.05) is 41.9 Å². The molecule has 0 fully saturated rings. The van der Waals surface area contributed by atoms with E-state index in [1.165, 1.54) is 0 Å². The van der Waals surface area contributed by atoms with E-state index in [4.69, 9.17) is 11.6 Å². The van der Waals surface area contributed by atoms with Crippen molar-refractivity contribution in [3.63, 3.8) is 0 Å². The van der Waals surface area contributed by atoms with Crippen LogP contribution in [0.3, 0.4) is 0 Å². The van der Waals surface area contributed by atoms with E-state index in [2.05, 4.69) is 15.4 Å². The van der Waals surface area contributed by atoms with Crippen LogP contribution in [0.1, 0.15) is 11.3 Å². The maximum Gasteiger partial charge on any atom is 0.224 e. The highest BCUT2D eigenvalue weighted by molar-refractivity contribution is 7.15. The van der Waals surface area contributed by atoms with Gasteiger partial charge in [0.1, 0.15) is 0 Å². The van der Waals surface area contributed by atoms with Crippen molar-refractivity contribution in [3.8, 4) is 11.4 Å². The number of rotatable bonds is 6. The highest BCUT2D eigenvalue weighted by atomic mass is 35.5. The predicted octanol–water partition coefficient (Wildman–Crippen LogP) is 4.01. The topological polar surface area (TPSA) is 59.3 Å². The third kappa shape index (κ3) is 4.18. The second-order valence-corrected chi connectivity index (χ2v) is 7.40. The molecule has 0 saturated heterocycles. The third-order valence-electron chi connectivity index (χ3n) is 4.16. The number of fused-ring (bicyclic) bond motifs is 1. The Kier molecular flexibility index (Phi) is 5.18. The summed E-state index contributed by atoms with van der Waals surface area (Å²) in [5, 5.41) is 10.3. The van der Waals surface area contributed by atoms with Gasteiger partial charge >= 0.3 is 0 Å². The van der Waals surface area contributed by atoms with Crippen LogP contribution in [0.2, 0.25) is 5.02 Å². The number of halogens is 1. The molecule has 0 aliphatic rings. The molecule has 27 heavy (non-hydrogen) atoms. The lowest BCUT2D eigenvalue weighted by molar-refractivity contribution is -0.120. The largest absolute Gasteiger partial charge is 0.355 e. The maximum atomic E-state index is 12.1. The van der Waals surface area contributed by atoms with Gasteiger partial charge in [-0.05, 0) is 29.8 Å². The molecule has 0 aliphatic carbocycles. The Morgan fingerprint density at radius 3 is 2.67 bits per heavy atom. The molecule has 0 bridgehead atoms. The van der Waals surface area contributed by atoms with Gasteiger partial charge in [0.25, 0.3) is 0 Å². The molecule has 0 radical (unpaired) electrons. The molecule has 0 atom stereocenters. The lowest BCUT2D eigenvalue weighted by Gasteiger charge is -2.04. The fourth-order valence-corrected chi connectivity index (χ4v) is 3.77. The zero-order chi connectivity index (χ0) is 18.6. The molecule has 2 heterocycles. The Balaban J connectivity index is 1.39. The molecule has 136 valence electrons. The molecular formula is C20H17ClN4OS. The van der Waals surface area contributed by atoms with Gasteiger partial charge in [0.2, 0.25) is 10.9 Å². The van der Waals surface area contributed by atoms with Crippen molar-refractivity contribution in [1.82, 2.24) is 19.9 Å². The van der Waals surface area contributed by atoms with Gasteiger partial charge in [-0.2, -0.15) is 4.98 Å². The molecule has 0 aliphatic heterocycles. The lowest BCUT2D eigenvalue weighted by atomic mass is 10.1. The average Bonchev–Trinajstić information content (AvgIpc) is 3.25. The molecule has 2 aromatic heterocycles. The van der Waals surface area contributed by atoms with Crippen molar-refractivity contribution in [3.05, 3.63) is 76.3 Å². The molecule has 4 rings (SSSR count). The first-order valence-electron chi connectivity index (χ1n) is 8.59. The monoisotopic (exact) mass is 396 g/mol. The minimum atomic E-state index is 0.0214. The predicted molar refractivity (Wildman–Crippen MR) is 108 cm³/mol. The summed E-state index contributed by atoms with van der Waals surface area (Å²) in [6.45, 7) is 0.563. The molecule has 2 aromatic carbocycles. The second kappa shape index (κ2) is 7.90. The Morgan fingerprint density at radius 1 is 1.11 bits per heavy atom. The van der Waals surface area contributed by atoms with E-state index in [0.29, 0.717) is 30.2 Å².